The highest BCUT2D eigenvalue weighted by Crippen LogP contribution is 2.18. The molecule has 0 aliphatic heterocycles. The zero-order chi connectivity index (χ0) is 14.5. The number of nitrogen functional groups attached to an aromatic ring is 1. The monoisotopic (exact) mass is 279 g/mol. The molecule has 2 rings (SSSR count). The van der Waals surface area contributed by atoms with E-state index in [1.807, 2.05) is 12.3 Å². The molecule has 0 radical (unpaired) electrons. The standard InChI is InChI=1S/C12H14FN5O2/c1-8-2-3-9(13)6-11(8)20-5-4-18-7-10(16-17-18)12(19)15-14/h2-3,6-7H,4-5,14H2,1H3,(H,15,19). The lowest BCUT2D eigenvalue weighted by Gasteiger charge is -2.08. The van der Waals surface area contributed by atoms with Gasteiger partial charge in [-0.3, -0.25) is 10.2 Å². The van der Waals surface area contributed by atoms with Gasteiger partial charge in [-0.25, -0.2) is 14.9 Å². The molecule has 1 aromatic carbocycles. The maximum Gasteiger partial charge on any atom is 0.287 e. The number of nitrogens with one attached hydrogen (secondary N) is 1. The molecule has 0 atom stereocenters. The second kappa shape index (κ2) is 6.11. The fraction of sp³-hybridized carbons (Fsp3) is 0.250. The van der Waals surface area contributed by atoms with E-state index in [4.69, 9.17) is 10.6 Å². The molecule has 1 heterocycles. The van der Waals surface area contributed by atoms with Crippen LogP contribution in [0.15, 0.2) is 24.4 Å². The predicted octanol–water partition coefficient (Wildman–Crippen LogP) is 0.408. The van der Waals surface area contributed by atoms with E-state index in [-0.39, 0.29) is 18.1 Å². The van der Waals surface area contributed by atoms with E-state index in [2.05, 4.69) is 10.3 Å². The van der Waals surface area contributed by atoms with Crippen molar-refractivity contribution < 1.29 is 13.9 Å². The summed E-state index contributed by atoms with van der Waals surface area (Å²) in [4.78, 5) is 11.2. The van der Waals surface area contributed by atoms with Crippen LogP contribution in [0.25, 0.3) is 0 Å². The van der Waals surface area contributed by atoms with Gasteiger partial charge >= 0.3 is 0 Å². The van der Waals surface area contributed by atoms with Crippen LogP contribution in [-0.4, -0.2) is 27.5 Å². The molecule has 0 aliphatic carbocycles. The molecule has 0 bridgehead atoms. The van der Waals surface area contributed by atoms with E-state index < -0.39 is 5.91 Å². The quantitative estimate of drug-likeness (QED) is 0.469. The van der Waals surface area contributed by atoms with Crippen LogP contribution in [0.1, 0.15) is 16.1 Å². The highest BCUT2D eigenvalue weighted by atomic mass is 19.1. The van der Waals surface area contributed by atoms with E-state index in [1.54, 1.807) is 6.07 Å². The van der Waals surface area contributed by atoms with E-state index in [0.717, 1.165) is 5.56 Å². The minimum Gasteiger partial charge on any atom is -0.491 e. The summed E-state index contributed by atoms with van der Waals surface area (Å²) in [5.41, 5.74) is 2.92. The maximum atomic E-state index is 13.1. The van der Waals surface area contributed by atoms with Crippen molar-refractivity contribution in [3.63, 3.8) is 0 Å². The fourth-order valence-electron chi connectivity index (χ4n) is 1.56. The number of hydrazine groups is 1. The number of carbonyl (C=O) groups is 1. The van der Waals surface area contributed by atoms with Crippen LogP contribution in [0.2, 0.25) is 0 Å². The van der Waals surface area contributed by atoms with E-state index in [9.17, 15) is 9.18 Å². The normalized spacial score (nSPS) is 10.3. The number of hydrogen-bond donors (Lipinski definition) is 2. The average molecular weight is 279 g/mol. The lowest BCUT2D eigenvalue weighted by Crippen LogP contribution is -2.30. The molecule has 106 valence electrons. The molecular weight excluding hydrogens is 265 g/mol. The van der Waals surface area contributed by atoms with Gasteiger partial charge in [0.05, 0.1) is 12.7 Å². The molecule has 0 fully saturated rings. The number of rotatable bonds is 5. The Bertz CT molecular complexity index is 614. The van der Waals surface area contributed by atoms with Crippen LogP contribution in [0.3, 0.4) is 0 Å². The van der Waals surface area contributed by atoms with Crippen LogP contribution in [0, 0.1) is 12.7 Å². The van der Waals surface area contributed by atoms with Crippen LogP contribution >= 0.6 is 0 Å². The Labute approximate surface area is 114 Å². The molecule has 20 heavy (non-hydrogen) atoms. The molecule has 0 saturated carbocycles. The molecular formula is C12H14FN5O2. The lowest BCUT2D eigenvalue weighted by molar-refractivity contribution is 0.0948. The van der Waals surface area contributed by atoms with Gasteiger partial charge in [-0.1, -0.05) is 11.3 Å². The number of halogens is 1. The van der Waals surface area contributed by atoms with Crippen LogP contribution in [-0.2, 0) is 6.54 Å². The second-order valence-corrected chi connectivity index (χ2v) is 4.10. The molecule has 1 amide bonds. The number of carbonyl (C=O) groups excluding carboxylic acids is 1. The molecule has 1 aromatic heterocycles. The Balaban J connectivity index is 1.91. The van der Waals surface area contributed by atoms with Gasteiger partial charge in [0, 0.05) is 6.07 Å². The van der Waals surface area contributed by atoms with Crippen molar-refractivity contribution >= 4 is 5.91 Å². The first-order chi connectivity index (χ1) is 9.60. The summed E-state index contributed by atoms with van der Waals surface area (Å²) in [7, 11) is 0. The highest BCUT2D eigenvalue weighted by molar-refractivity contribution is 5.91. The Morgan fingerprint density at radius 3 is 3.10 bits per heavy atom. The van der Waals surface area contributed by atoms with E-state index in [1.165, 1.54) is 23.0 Å². The Morgan fingerprint density at radius 2 is 2.35 bits per heavy atom. The van der Waals surface area contributed by atoms with Crippen molar-refractivity contribution in [3.8, 4) is 5.75 Å². The zero-order valence-corrected chi connectivity index (χ0v) is 10.8. The van der Waals surface area contributed by atoms with Crippen LogP contribution in [0.5, 0.6) is 5.75 Å². The van der Waals surface area contributed by atoms with E-state index >= 15 is 0 Å². The van der Waals surface area contributed by atoms with Gasteiger partial charge in [-0.2, -0.15) is 0 Å². The molecule has 0 unspecified atom stereocenters. The Kier molecular flexibility index (Phi) is 4.26. The summed E-state index contributed by atoms with van der Waals surface area (Å²) < 4.78 is 20.0. The summed E-state index contributed by atoms with van der Waals surface area (Å²) in [6, 6.07) is 4.34. The molecule has 0 aliphatic rings. The fourth-order valence-corrected chi connectivity index (χ4v) is 1.56. The van der Waals surface area contributed by atoms with Crippen molar-refractivity contribution in [3.05, 3.63) is 41.5 Å². The van der Waals surface area contributed by atoms with E-state index in [0.29, 0.717) is 12.3 Å². The Hall–Kier alpha value is -2.48. The molecule has 7 nitrogen and oxygen atoms in total. The first-order valence-corrected chi connectivity index (χ1v) is 5.90. The molecule has 2 aromatic rings. The largest absolute Gasteiger partial charge is 0.491 e. The summed E-state index contributed by atoms with van der Waals surface area (Å²) in [6.45, 7) is 2.48. The number of amides is 1. The van der Waals surface area contributed by atoms with Gasteiger partial charge in [0.2, 0.25) is 0 Å². The van der Waals surface area contributed by atoms with Crippen LogP contribution in [0.4, 0.5) is 4.39 Å². The first-order valence-electron chi connectivity index (χ1n) is 5.90. The van der Waals surface area contributed by atoms with Crippen molar-refractivity contribution in [2.24, 2.45) is 5.84 Å². The smallest absolute Gasteiger partial charge is 0.287 e. The zero-order valence-electron chi connectivity index (χ0n) is 10.8. The third kappa shape index (κ3) is 3.29. The topological polar surface area (TPSA) is 95.1 Å². The van der Waals surface area contributed by atoms with Gasteiger partial charge in [0.15, 0.2) is 5.69 Å². The Morgan fingerprint density at radius 1 is 1.55 bits per heavy atom. The third-order valence-electron chi connectivity index (χ3n) is 2.63. The second-order valence-electron chi connectivity index (χ2n) is 4.10. The molecule has 8 heteroatoms. The first kappa shape index (κ1) is 13.9. The average Bonchev–Trinajstić information content (AvgIpc) is 2.90. The number of hydrogen-bond acceptors (Lipinski definition) is 5. The van der Waals surface area contributed by atoms with Gasteiger partial charge in [0.25, 0.3) is 5.91 Å². The molecule has 0 saturated heterocycles. The summed E-state index contributed by atoms with van der Waals surface area (Å²) in [5, 5.41) is 7.40. The minimum atomic E-state index is -0.516. The van der Waals surface area contributed by atoms with Crippen LogP contribution < -0.4 is 16.0 Å². The summed E-state index contributed by atoms with van der Waals surface area (Å²) >= 11 is 0. The number of nitrogens with two attached hydrogens (primary N) is 1. The maximum absolute atomic E-state index is 13.1. The lowest BCUT2D eigenvalue weighted by atomic mass is 10.2. The summed E-state index contributed by atoms with van der Waals surface area (Å²) in [5.74, 6) is 4.59. The predicted molar refractivity (Wildman–Crippen MR) is 68.3 cm³/mol. The molecule has 3 N–H and O–H groups in total. The van der Waals surface area contributed by atoms with Gasteiger partial charge < -0.3 is 4.74 Å². The highest BCUT2D eigenvalue weighted by Gasteiger charge is 2.08. The number of nitrogens with zero attached hydrogens (tertiary/aromatic N) is 3. The third-order valence-corrected chi connectivity index (χ3v) is 2.63. The van der Waals surface area contributed by atoms with Crippen molar-refractivity contribution in [1.82, 2.24) is 20.4 Å². The van der Waals surface area contributed by atoms with Crippen molar-refractivity contribution in [1.29, 1.82) is 0 Å². The molecule has 0 spiro atoms. The van der Waals surface area contributed by atoms with Crippen molar-refractivity contribution in [2.45, 2.75) is 13.5 Å². The SMILES string of the molecule is Cc1ccc(F)cc1OCCn1cc(C(=O)NN)nn1. The van der Waals surface area contributed by atoms with Crippen molar-refractivity contribution in [2.75, 3.05) is 6.61 Å². The summed E-state index contributed by atoms with van der Waals surface area (Å²) in [6.07, 6.45) is 1.45. The number of ether oxygens (including phenoxy) is 1. The van der Waals surface area contributed by atoms with Gasteiger partial charge in [-0.05, 0) is 18.6 Å². The number of aromatic nitrogens is 3. The van der Waals surface area contributed by atoms with Gasteiger partial charge in [-0.15, -0.1) is 5.10 Å². The number of aryl methyl sites for hydroxylation is 1. The minimum absolute atomic E-state index is 0.120. The van der Waals surface area contributed by atoms with Gasteiger partial charge in [0.1, 0.15) is 18.2 Å². The number of benzene rings is 1.